The van der Waals surface area contributed by atoms with Crippen molar-refractivity contribution in [3.05, 3.63) is 29.3 Å². The van der Waals surface area contributed by atoms with Gasteiger partial charge in [0.25, 0.3) is 0 Å². The van der Waals surface area contributed by atoms with Crippen LogP contribution in [0.2, 0.25) is 5.02 Å². The Bertz CT molecular complexity index is 323. The molecule has 0 atom stereocenters. The monoisotopic (exact) mass is 239 g/mol. The first-order chi connectivity index (χ1) is 7.84. The van der Waals surface area contributed by atoms with Crippen molar-refractivity contribution in [3.63, 3.8) is 0 Å². The van der Waals surface area contributed by atoms with E-state index in [1.807, 2.05) is 24.3 Å². The topological polar surface area (TPSA) is 12.5 Å². The zero-order valence-corrected chi connectivity index (χ0v) is 10.2. The number of benzene rings is 1. The zero-order valence-electron chi connectivity index (χ0n) is 9.49. The van der Waals surface area contributed by atoms with Gasteiger partial charge in [0.1, 0.15) is 5.75 Å². The summed E-state index contributed by atoms with van der Waals surface area (Å²) in [5.74, 6) is 0.869. The minimum Gasteiger partial charge on any atom is -0.493 e. The Kier molecular flexibility index (Phi) is 4.49. The number of hydrogen-bond acceptors (Lipinski definition) is 2. The van der Waals surface area contributed by atoms with E-state index in [-0.39, 0.29) is 0 Å². The molecular weight excluding hydrogens is 222 g/mol. The Morgan fingerprint density at radius 3 is 2.81 bits per heavy atom. The summed E-state index contributed by atoms with van der Waals surface area (Å²) in [7, 11) is 0. The highest BCUT2D eigenvalue weighted by Gasteiger charge is 2.10. The van der Waals surface area contributed by atoms with Crippen molar-refractivity contribution in [1.82, 2.24) is 4.90 Å². The second-order valence-corrected chi connectivity index (χ2v) is 4.64. The average molecular weight is 240 g/mol. The molecule has 0 aromatic heterocycles. The first-order valence-electron chi connectivity index (χ1n) is 5.95. The second-order valence-electron chi connectivity index (χ2n) is 4.21. The summed E-state index contributed by atoms with van der Waals surface area (Å²) in [6, 6.07) is 7.58. The molecule has 0 bridgehead atoms. The lowest BCUT2D eigenvalue weighted by molar-refractivity contribution is 0.263. The van der Waals surface area contributed by atoms with E-state index in [1.165, 1.54) is 25.9 Å². The number of halogens is 1. The van der Waals surface area contributed by atoms with Crippen molar-refractivity contribution in [2.75, 3.05) is 26.2 Å². The maximum atomic E-state index is 5.87. The predicted molar refractivity (Wildman–Crippen MR) is 67.2 cm³/mol. The fourth-order valence-corrected chi connectivity index (χ4v) is 2.22. The molecule has 0 aliphatic carbocycles. The van der Waals surface area contributed by atoms with Crippen LogP contribution in [-0.2, 0) is 0 Å². The van der Waals surface area contributed by atoms with Crippen LogP contribution >= 0.6 is 11.6 Å². The molecule has 0 unspecified atom stereocenters. The van der Waals surface area contributed by atoms with E-state index in [0.717, 1.165) is 30.3 Å². The summed E-state index contributed by atoms with van der Waals surface area (Å²) in [5.41, 5.74) is 0. The fourth-order valence-electron chi connectivity index (χ4n) is 2.04. The molecule has 1 heterocycles. The van der Waals surface area contributed by atoms with Gasteiger partial charge in [-0.2, -0.15) is 0 Å². The van der Waals surface area contributed by atoms with Crippen molar-refractivity contribution in [3.8, 4) is 5.75 Å². The molecule has 2 rings (SSSR count). The number of rotatable bonds is 5. The van der Waals surface area contributed by atoms with E-state index in [2.05, 4.69) is 4.90 Å². The van der Waals surface area contributed by atoms with E-state index < -0.39 is 0 Å². The third-order valence-electron chi connectivity index (χ3n) is 2.88. The highest BCUT2D eigenvalue weighted by molar-refractivity contribution is 6.30. The molecule has 16 heavy (non-hydrogen) atoms. The van der Waals surface area contributed by atoms with Gasteiger partial charge in [-0.25, -0.2) is 0 Å². The molecule has 1 saturated heterocycles. The normalized spacial score (nSPS) is 16.6. The van der Waals surface area contributed by atoms with Crippen molar-refractivity contribution >= 4 is 11.6 Å². The van der Waals surface area contributed by atoms with Crippen LogP contribution in [0.15, 0.2) is 24.3 Å². The lowest BCUT2D eigenvalue weighted by Gasteiger charge is -2.14. The summed E-state index contributed by atoms with van der Waals surface area (Å²) in [6.45, 7) is 4.45. The number of likely N-dealkylation sites (tertiary alicyclic amines) is 1. The van der Waals surface area contributed by atoms with Crippen LogP contribution < -0.4 is 4.74 Å². The van der Waals surface area contributed by atoms with E-state index in [4.69, 9.17) is 16.3 Å². The van der Waals surface area contributed by atoms with Crippen molar-refractivity contribution in [2.24, 2.45) is 0 Å². The second kappa shape index (κ2) is 6.12. The Hall–Kier alpha value is -0.730. The Morgan fingerprint density at radius 2 is 2.06 bits per heavy atom. The molecule has 1 aromatic carbocycles. The summed E-state index contributed by atoms with van der Waals surface area (Å²) in [5, 5.41) is 0.733. The first kappa shape index (κ1) is 11.7. The van der Waals surface area contributed by atoms with E-state index >= 15 is 0 Å². The van der Waals surface area contributed by atoms with Gasteiger partial charge in [-0.1, -0.05) is 17.7 Å². The van der Waals surface area contributed by atoms with Crippen molar-refractivity contribution < 1.29 is 4.74 Å². The van der Waals surface area contributed by atoms with Gasteiger partial charge >= 0.3 is 0 Å². The molecule has 0 amide bonds. The molecule has 0 spiro atoms. The molecular formula is C13H18ClNO. The summed E-state index contributed by atoms with van der Waals surface area (Å²) in [4.78, 5) is 2.50. The minimum atomic E-state index is 0.733. The van der Waals surface area contributed by atoms with Crippen LogP contribution in [0, 0.1) is 0 Å². The minimum absolute atomic E-state index is 0.733. The van der Waals surface area contributed by atoms with Crippen molar-refractivity contribution in [2.45, 2.75) is 19.3 Å². The van der Waals surface area contributed by atoms with Crippen LogP contribution in [0.1, 0.15) is 19.3 Å². The van der Waals surface area contributed by atoms with Crippen LogP contribution in [0.3, 0.4) is 0 Å². The van der Waals surface area contributed by atoms with Gasteiger partial charge in [-0.15, -0.1) is 0 Å². The van der Waals surface area contributed by atoms with E-state index in [9.17, 15) is 0 Å². The molecule has 0 radical (unpaired) electrons. The summed E-state index contributed by atoms with van der Waals surface area (Å²) in [6.07, 6.45) is 3.80. The standard InChI is InChI=1S/C13H18ClNO/c14-12-5-3-6-13(11-12)16-10-4-9-15-7-1-2-8-15/h3,5-6,11H,1-2,4,7-10H2. The van der Waals surface area contributed by atoms with Crippen molar-refractivity contribution in [1.29, 1.82) is 0 Å². The van der Waals surface area contributed by atoms with Gasteiger partial charge in [0.05, 0.1) is 6.61 Å². The third kappa shape index (κ3) is 3.69. The molecule has 88 valence electrons. The molecule has 2 nitrogen and oxygen atoms in total. The lowest BCUT2D eigenvalue weighted by Crippen LogP contribution is -2.21. The smallest absolute Gasteiger partial charge is 0.120 e. The molecule has 1 fully saturated rings. The molecule has 1 aliphatic rings. The zero-order chi connectivity index (χ0) is 11.2. The maximum absolute atomic E-state index is 5.87. The Morgan fingerprint density at radius 1 is 1.25 bits per heavy atom. The maximum Gasteiger partial charge on any atom is 0.120 e. The van der Waals surface area contributed by atoms with Gasteiger partial charge in [-0.3, -0.25) is 0 Å². The average Bonchev–Trinajstić information content (AvgIpc) is 2.77. The Labute approximate surface area is 102 Å². The SMILES string of the molecule is Clc1cccc(OCCCN2CCCC2)c1. The first-order valence-corrected chi connectivity index (χ1v) is 6.33. The van der Waals surface area contributed by atoms with E-state index in [1.54, 1.807) is 0 Å². The van der Waals surface area contributed by atoms with Gasteiger partial charge < -0.3 is 9.64 Å². The molecule has 1 aliphatic heterocycles. The predicted octanol–water partition coefficient (Wildman–Crippen LogP) is 3.20. The van der Waals surface area contributed by atoms with Gasteiger partial charge in [-0.05, 0) is 50.6 Å². The molecule has 1 aromatic rings. The number of hydrogen-bond donors (Lipinski definition) is 0. The van der Waals surface area contributed by atoms with Crippen LogP contribution in [0.25, 0.3) is 0 Å². The Balaban J connectivity index is 1.64. The quantitative estimate of drug-likeness (QED) is 0.732. The fraction of sp³-hybridized carbons (Fsp3) is 0.538. The lowest BCUT2D eigenvalue weighted by atomic mass is 10.3. The molecule has 0 N–H and O–H groups in total. The molecule has 3 heteroatoms. The number of ether oxygens (including phenoxy) is 1. The van der Waals surface area contributed by atoms with E-state index in [0.29, 0.717) is 0 Å². The third-order valence-corrected chi connectivity index (χ3v) is 3.12. The van der Waals surface area contributed by atoms with Crippen LogP contribution in [0.4, 0.5) is 0 Å². The summed E-state index contributed by atoms with van der Waals surface area (Å²) >= 11 is 5.87. The van der Waals surface area contributed by atoms with Crippen LogP contribution in [0.5, 0.6) is 5.75 Å². The largest absolute Gasteiger partial charge is 0.493 e. The van der Waals surface area contributed by atoms with Gasteiger partial charge in [0.2, 0.25) is 0 Å². The number of nitrogens with zero attached hydrogens (tertiary/aromatic N) is 1. The van der Waals surface area contributed by atoms with Gasteiger partial charge in [0, 0.05) is 11.6 Å². The van der Waals surface area contributed by atoms with Gasteiger partial charge in [0.15, 0.2) is 0 Å². The molecule has 0 saturated carbocycles. The van der Waals surface area contributed by atoms with Crippen LogP contribution in [-0.4, -0.2) is 31.1 Å². The highest BCUT2D eigenvalue weighted by Crippen LogP contribution is 2.17. The summed E-state index contributed by atoms with van der Waals surface area (Å²) < 4.78 is 5.64. The highest BCUT2D eigenvalue weighted by atomic mass is 35.5.